The Labute approximate surface area is 115 Å². The van der Waals surface area contributed by atoms with E-state index in [-0.39, 0.29) is 23.9 Å². The molecule has 0 radical (unpaired) electrons. The van der Waals surface area contributed by atoms with Gasteiger partial charge in [-0.2, -0.15) is 13.2 Å². The third kappa shape index (κ3) is 4.63. The van der Waals surface area contributed by atoms with Crippen LogP contribution in [0, 0.1) is 11.7 Å². The average Bonchev–Trinajstić information content (AvgIpc) is 2.24. The van der Waals surface area contributed by atoms with Crippen LogP contribution in [0.2, 0.25) is 0 Å². The van der Waals surface area contributed by atoms with Crippen LogP contribution in [0.5, 0.6) is 0 Å². The molecule has 2 atom stereocenters. The van der Waals surface area contributed by atoms with Crippen molar-refractivity contribution in [3.05, 3.63) is 35.1 Å². The Morgan fingerprint density at radius 2 is 1.68 bits per heavy atom. The van der Waals surface area contributed by atoms with Crippen LogP contribution in [-0.2, 0) is 6.18 Å². The highest BCUT2D eigenvalue weighted by atomic mass is 35.5. The molecule has 7 heteroatoms. The van der Waals surface area contributed by atoms with E-state index in [4.69, 9.17) is 5.73 Å². The van der Waals surface area contributed by atoms with Gasteiger partial charge in [-0.3, -0.25) is 0 Å². The number of hydrogen-bond donors (Lipinski definition) is 2. The zero-order chi connectivity index (χ0) is 14.1. The number of rotatable bonds is 3. The number of aliphatic hydroxyl groups is 1. The molecule has 110 valence electrons. The van der Waals surface area contributed by atoms with Gasteiger partial charge in [-0.05, 0) is 29.7 Å². The lowest BCUT2D eigenvalue weighted by Gasteiger charge is -2.23. The predicted octanol–water partition coefficient (Wildman–Crippen LogP) is 3.28. The maximum Gasteiger partial charge on any atom is 0.416 e. The summed E-state index contributed by atoms with van der Waals surface area (Å²) in [5, 5.41) is 9.70. The molecule has 0 spiro atoms. The highest BCUT2D eigenvalue weighted by Gasteiger charge is 2.32. The van der Waals surface area contributed by atoms with Gasteiger partial charge in [-0.25, -0.2) is 4.39 Å². The third-order valence-electron chi connectivity index (χ3n) is 2.68. The van der Waals surface area contributed by atoms with Crippen molar-refractivity contribution in [1.29, 1.82) is 0 Å². The first kappa shape index (κ1) is 18.1. The first-order valence-electron chi connectivity index (χ1n) is 5.44. The molecule has 1 aromatic rings. The van der Waals surface area contributed by atoms with E-state index in [0.29, 0.717) is 6.07 Å². The Balaban J connectivity index is 0.00000324. The molecule has 19 heavy (non-hydrogen) atoms. The lowest BCUT2D eigenvalue weighted by atomic mass is 9.93. The molecule has 1 aromatic carbocycles. The molecule has 0 amide bonds. The van der Waals surface area contributed by atoms with Crippen LogP contribution in [0.1, 0.15) is 31.0 Å². The second kappa shape index (κ2) is 6.54. The fourth-order valence-corrected chi connectivity index (χ4v) is 1.58. The van der Waals surface area contributed by atoms with E-state index in [1.165, 1.54) is 0 Å². The van der Waals surface area contributed by atoms with Gasteiger partial charge < -0.3 is 10.8 Å². The van der Waals surface area contributed by atoms with Crippen molar-refractivity contribution in [3.63, 3.8) is 0 Å². The normalized spacial score (nSPS) is 15.0. The second-order valence-corrected chi connectivity index (χ2v) is 4.53. The number of benzene rings is 1. The van der Waals surface area contributed by atoms with Gasteiger partial charge in [-0.15, -0.1) is 12.4 Å². The molecule has 0 aromatic heterocycles. The van der Waals surface area contributed by atoms with Crippen LogP contribution in [0.4, 0.5) is 17.6 Å². The Morgan fingerprint density at radius 3 is 2.11 bits per heavy atom. The molecule has 0 bridgehead atoms. The number of halogens is 5. The van der Waals surface area contributed by atoms with E-state index >= 15 is 0 Å². The van der Waals surface area contributed by atoms with Gasteiger partial charge >= 0.3 is 6.18 Å². The van der Waals surface area contributed by atoms with Crippen molar-refractivity contribution >= 4 is 12.4 Å². The Kier molecular flexibility index (Phi) is 6.25. The summed E-state index contributed by atoms with van der Waals surface area (Å²) in [6.45, 7) is 3.35. The van der Waals surface area contributed by atoms with Gasteiger partial charge in [0.05, 0.1) is 17.7 Å². The van der Waals surface area contributed by atoms with E-state index in [0.717, 1.165) is 12.1 Å². The standard InChI is InChI=1S/C12H15F4NO.ClH/c1-6(2)11(18)10(17)7-3-8(12(14,15)16)5-9(13)4-7;/h3-6,10-11,18H,17H2,1-2H3;1H/t10-,11+;/m0./s1. The van der Waals surface area contributed by atoms with Crippen molar-refractivity contribution in [1.82, 2.24) is 0 Å². The number of nitrogens with two attached hydrogens (primary N) is 1. The summed E-state index contributed by atoms with van der Waals surface area (Å²) in [7, 11) is 0. The third-order valence-corrected chi connectivity index (χ3v) is 2.68. The Hall–Kier alpha value is -0.850. The molecular formula is C12H16ClF4NO. The minimum Gasteiger partial charge on any atom is -0.391 e. The fraction of sp³-hybridized carbons (Fsp3) is 0.500. The number of aliphatic hydroxyl groups excluding tert-OH is 1. The topological polar surface area (TPSA) is 46.2 Å². The zero-order valence-electron chi connectivity index (χ0n) is 10.4. The summed E-state index contributed by atoms with van der Waals surface area (Å²) in [5.41, 5.74) is 4.46. The van der Waals surface area contributed by atoms with Crippen LogP contribution in [0.3, 0.4) is 0 Å². The van der Waals surface area contributed by atoms with Gasteiger partial charge in [0, 0.05) is 0 Å². The van der Waals surface area contributed by atoms with E-state index in [1.54, 1.807) is 13.8 Å². The van der Waals surface area contributed by atoms with Gasteiger partial charge in [0.2, 0.25) is 0 Å². The van der Waals surface area contributed by atoms with Gasteiger partial charge in [0.25, 0.3) is 0 Å². The lowest BCUT2D eigenvalue weighted by Crippen LogP contribution is -2.30. The minimum atomic E-state index is -4.64. The van der Waals surface area contributed by atoms with Gasteiger partial charge in [-0.1, -0.05) is 13.8 Å². The number of hydrogen-bond acceptors (Lipinski definition) is 2. The maximum absolute atomic E-state index is 13.1. The molecule has 0 heterocycles. The second-order valence-electron chi connectivity index (χ2n) is 4.53. The molecule has 3 N–H and O–H groups in total. The van der Waals surface area contributed by atoms with Crippen LogP contribution in [0.15, 0.2) is 18.2 Å². The van der Waals surface area contributed by atoms with Crippen molar-refractivity contribution in [2.45, 2.75) is 32.2 Å². The first-order chi connectivity index (χ1) is 8.12. The molecule has 0 fully saturated rings. The van der Waals surface area contributed by atoms with Crippen molar-refractivity contribution in [2.24, 2.45) is 11.7 Å². The Bertz CT molecular complexity index is 423. The highest BCUT2D eigenvalue weighted by Crippen LogP contribution is 2.32. The molecule has 0 aliphatic rings. The fourth-order valence-electron chi connectivity index (χ4n) is 1.58. The van der Waals surface area contributed by atoms with Crippen LogP contribution < -0.4 is 5.73 Å². The Morgan fingerprint density at radius 1 is 1.16 bits per heavy atom. The van der Waals surface area contributed by atoms with E-state index in [1.807, 2.05) is 0 Å². The van der Waals surface area contributed by atoms with Crippen LogP contribution >= 0.6 is 12.4 Å². The molecule has 0 saturated carbocycles. The first-order valence-corrected chi connectivity index (χ1v) is 5.44. The molecule has 0 aliphatic carbocycles. The summed E-state index contributed by atoms with van der Waals surface area (Å²) >= 11 is 0. The maximum atomic E-state index is 13.1. The molecular weight excluding hydrogens is 286 g/mol. The van der Waals surface area contributed by atoms with Gasteiger partial charge in [0.15, 0.2) is 0 Å². The monoisotopic (exact) mass is 301 g/mol. The molecule has 1 rings (SSSR count). The highest BCUT2D eigenvalue weighted by molar-refractivity contribution is 5.85. The van der Waals surface area contributed by atoms with E-state index in [2.05, 4.69) is 0 Å². The van der Waals surface area contributed by atoms with Crippen molar-refractivity contribution < 1.29 is 22.7 Å². The predicted molar refractivity (Wildman–Crippen MR) is 66.4 cm³/mol. The minimum absolute atomic E-state index is 0. The summed E-state index contributed by atoms with van der Waals surface area (Å²) in [5.74, 6) is -1.26. The lowest BCUT2D eigenvalue weighted by molar-refractivity contribution is -0.137. The number of alkyl halides is 3. The smallest absolute Gasteiger partial charge is 0.391 e. The molecule has 0 aliphatic heterocycles. The molecule has 2 nitrogen and oxygen atoms in total. The largest absolute Gasteiger partial charge is 0.416 e. The summed E-state index contributed by atoms with van der Waals surface area (Å²) < 4.78 is 50.6. The van der Waals surface area contributed by atoms with Crippen LogP contribution in [0.25, 0.3) is 0 Å². The van der Waals surface area contributed by atoms with Crippen molar-refractivity contribution in [3.8, 4) is 0 Å². The summed E-state index contributed by atoms with van der Waals surface area (Å²) in [6, 6.07) is 1.02. The zero-order valence-corrected chi connectivity index (χ0v) is 11.2. The average molecular weight is 302 g/mol. The summed E-state index contributed by atoms with van der Waals surface area (Å²) in [4.78, 5) is 0. The SMILES string of the molecule is CC(C)[C@@H](O)[C@@H](N)c1cc(F)cc(C(F)(F)F)c1.Cl. The van der Waals surface area contributed by atoms with Crippen LogP contribution in [-0.4, -0.2) is 11.2 Å². The van der Waals surface area contributed by atoms with E-state index < -0.39 is 29.7 Å². The molecule has 0 saturated heterocycles. The van der Waals surface area contributed by atoms with E-state index in [9.17, 15) is 22.7 Å². The summed E-state index contributed by atoms with van der Waals surface area (Å²) in [6.07, 6.45) is -5.67. The van der Waals surface area contributed by atoms with Crippen molar-refractivity contribution in [2.75, 3.05) is 0 Å². The quantitative estimate of drug-likeness (QED) is 0.842. The molecule has 0 unspecified atom stereocenters. The van der Waals surface area contributed by atoms with Gasteiger partial charge in [0.1, 0.15) is 5.82 Å².